The van der Waals surface area contributed by atoms with Gasteiger partial charge in [0.15, 0.2) is 0 Å². The zero-order valence-corrected chi connectivity index (χ0v) is 16.4. The van der Waals surface area contributed by atoms with Gasteiger partial charge in [-0.2, -0.15) is 0 Å². The van der Waals surface area contributed by atoms with Gasteiger partial charge in [0, 0.05) is 23.7 Å². The molecule has 1 amide bonds. The molecule has 1 aromatic heterocycles. The van der Waals surface area contributed by atoms with Crippen LogP contribution in [0.3, 0.4) is 0 Å². The number of halogens is 1. The van der Waals surface area contributed by atoms with E-state index in [0.29, 0.717) is 26.0 Å². The van der Waals surface area contributed by atoms with Crippen LogP contribution in [0.5, 0.6) is 11.5 Å². The number of benzene rings is 1. The Morgan fingerprint density at radius 1 is 1.28 bits per heavy atom. The van der Waals surface area contributed by atoms with Crippen molar-refractivity contribution >= 4 is 21.8 Å². The molecule has 1 N–H and O–H groups in total. The van der Waals surface area contributed by atoms with Gasteiger partial charge in [-0.15, -0.1) is 0 Å². The minimum atomic E-state index is -0.0172. The second-order valence-electron chi connectivity index (χ2n) is 5.71. The Morgan fingerprint density at radius 3 is 2.76 bits per heavy atom. The molecule has 0 aliphatic rings. The number of aromatic nitrogens is 1. The van der Waals surface area contributed by atoms with Crippen LogP contribution in [0.4, 0.5) is 0 Å². The third-order valence-corrected chi connectivity index (χ3v) is 4.50. The highest BCUT2D eigenvalue weighted by Gasteiger charge is 2.10. The van der Waals surface area contributed by atoms with Crippen LogP contribution >= 0.6 is 15.9 Å². The highest BCUT2D eigenvalue weighted by molar-refractivity contribution is 9.10. The molecule has 0 bridgehead atoms. The zero-order chi connectivity index (χ0) is 18.2. The van der Waals surface area contributed by atoms with Crippen molar-refractivity contribution in [2.75, 3.05) is 13.7 Å². The van der Waals surface area contributed by atoms with E-state index in [1.165, 1.54) is 0 Å². The topological polar surface area (TPSA) is 60.5 Å². The van der Waals surface area contributed by atoms with Crippen molar-refractivity contribution in [2.45, 2.75) is 33.2 Å². The van der Waals surface area contributed by atoms with Crippen LogP contribution in [0.15, 0.2) is 34.9 Å². The van der Waals surface area contributed by atoms with Gasteiger partial charge in [-0.1, -0.05) is 12.1 Å². The number of hydrogen-bond donors (Lipinski definition) is 1. The van der Waals surface area contributed by atoms with Gasteiger partial charge >= 0.3 is 0 Å². The number of carbonyl (C=O) groups is 1. The van der Waals surface area contributed by atoms with Gasteiger partial charge in [-0.05, 0) is 48.3 Å². The summed E-state index contributed by atoms with van der Waals surface area (Å²) >= 11 is 3.43. The maximum atomic E-state index is 12.0. The molecule has 1 aromatic carbocycles. The van der Waals surface area contributed by atoms with Gasteiger partial charge in [0.25, 0.3) is 0 Å². The molecule has 134 valence electrons. The van der Waals surface area contributed by atoms with Crippen LogP contribution in [0.1, 0.15) is 29.7 Å². The van der Waals surface area contributed by atoms with Crippen molar-refractivity contribution in [3.05, 3.63) is 51.8 Å². The second-order valence-corrected chi connectivity index (χ2v) is 6.56. The van der Waals surface area contributed by atoms with Crippen molar-refractivity contribution in [1.82, 2.24) is 10.3 Å². The molecule has 0 saturated carbocycles. The van der Waals surface area contributed by atoms with Crippen LogP contribution in [0.2, 0.25) is 0 Å². The number of ether oxygens (including phenoxy) is 2. The summed E-state index contributed by atoms with van der Waals surface area (Å²) in [6.07, 6.45) is 2.82. The molecular formula is C19H23BrN2O3. The Morgan fingerprint density at radius 2 is 2.04 bits per heavy atom. The molecule has 0 aliphatic heterocycles. The van der Waals surface area contributed by atoms with E-state index in [-0.39, 0.29) is 5.91 Å². The number of amides is 1. The van der Waals surface area contributed by atoms with Gasteiger partial charge in [0.05, 0.1) is 30.4 Å². The van der Waals surface area contributed by atoms with Crippen molar-refractivity contribution in [3.63, 3.8) is 0 Å². The number of nitrogens with zero attached hydrogens (tertiary/aromatic N) is 1. The third kappa shape index (κ3) is 5.46. The molecule has 0 fully saturated rings. The van der Waals surface area contributed by atoms with E-state index in [1.54, 1.807) is 13.3 Å². The summed E-state index contributed by atoms with van der Waals surface area (Å²) in [5.41, 5.74) is 2.76. The normalized spacial score (nSPS) is 10.4. The SMILES string of the molecule is COc1c(C)cnc(CNC(=O)CCCOc2ccccc2Br)c1C. The van der Waals surface area contributed by atoms with Crippen LogP contribution in [-0.2, 0) is 11.3 Å². The Balaban J connectivity index is 1.75. The molecular weight excluding hydrogens is 384 g/mol. The number of rotatable bonds is 8. The average molecular weight is 407 g/mol. The van der Waals surface area contributed by atoms with Crippen LogP contribution < -0.4 is 14.8 Å². The standard InChI is InChI=1S/C19H23BrN2O3/c1-13-11-21-16(14(2)19(13)24-3)12-22-18(23)9-6-10-25-17-8-5-4-7-15(17)20/h4-5,7-8,11H,6,9-10,12H2,1-3H3,(H,22,23). The van der Waals surface area contributed by atoms with Crippen molar-refractivity contribution in [3.8, 4) is 11.5 Å². The molecule has 0 saturated heterocycles. The Labute approximate surface area is 156 Å². The lowest BCUT2D eigenvalue weighted by Crippen LogP contribution is -2.24. The molecule has 0 aliphatic carbocycles. The fourth-order valence-electron chi connectivity index (χ4n) is 2.50. The van der Waals surface area contributed by atoms with Gasteiger partial charge < -0.3 is 14.8 Å². The number of carbonyl (C=O) groups excluding carboxylic acids is 1. The van der Waals surface area contributed by atoms with Crippen LogP contribution in [0.25, 0.3) is 0 Å². The molecule has 1 heterocycles. The summed E-state index contributed by atoms with van der Waals surface area (Å²) in [6.45, 7) is 4.79. The Kier molecular flexibility index (Phi) is 7.25. The molecule has 0 spiro atoms. The van der Waals surface area contributed by atoms with Gasteiger partial charge in [0.1, 0.15) is 11.5 Å². The van der Waals surface area contributed by atoms with Gasteiger partial charge in [-0.25, -0.2) is 0 Å². The summed E-state index contributed by atoms with van der Waals surface area (Å²) in [5, 5.41) is 2.90. The molecule has 5 nitrogen and oxygen atoms in total. The average Bonchev–Trinajstić information content (AvgIpc) is 2.60. The first-order valence-corrected chi connectivity index (χ1v) is 8.95. The first-order valence-electron chi connectivity index (χ1n) is 8.16. The fraction of sp³-hybridized carbons (Fsp3) is 0.368. The fourth-order valence-corrected chi connectivity index (χ4v) is 2.90. The first kappa shape index (κ1) is 19.2. The highest BCUT2D eigenvalue weighted by Crippen LogP contribution is 2.24. The summed E-state index contributed by atoms with van der Waals surface area (Å²) < 4.78 is 11.9. The number of nitrogens with one attached hydrogen (secondary N) is 1. The van der Waals surface area contributed by atoms with Crippen LogP contribution in [-0.4, -0.2) is 24.6 Å². The Bertz CT molecular complexity index is 735. The molecule has 0 atom stereocenters. The molecule has 2 rings (SSSR count). The highest BCUT2D eigenvalue weighted by atomic mass is 79.9. The quantitative estimate of drug-likeness (QED) is 0.674. The number of para-hydroxylation sites is 1. The van der Waals surface area contributed by atoms with E-state index in [2.05, 4.69) is 26.2 Å². The Hall–Kier alpha value is -2.08. The van der Waals surface area contributed by atoms with E-state index < -0.39 is 0 Å². The van der Waals surface area contributed by atoms with E-state index in [1.807, 2.05) is 38.1 Å². The van der Waals surface area contributed by atoms with Crippen molar-refractivity contribution in [1.29, 1.82) is 0 Å². The predicted molar refractivity (Wildman–Crippen MR) is 101 cm³/mol. The minimum absolute atomic E-state index is 0.0172. The van der Waals surface area contributed by atoms with E-state index >= 15 is 0 Å². The van der Waals surface area contributed by atoms with E-state index in [9.17, 15) is 4.79 Å². The number of aryl methyl sites for hydroxylation is 1. The lowest BCUT2D eigenvalue weighted by Gasteiger charge is -2.13. The first-order chi connectivity index (χ1) is 12.0. The molecule has 25 heavy (non-hydrogen) atoms. The number of hydrogen-bond acceptors (Lipinski definition) is 4. The number of pyridine rings is 1. The predicted octanol–water partition coefficient (Wildman–Crippen LogP) is 3.94. The lowest BCUT2D eigenvalue weighted by atomic mass is 10.1. The van der Waals surface area contributed by atoms with Gasteiger partial charge in [0.2, 0.25) is 5.91 Å². The molecule has 6 heteroatoms. The lowest BCUT2D eigenvalue weighted by molar-refractivity contribution is -0.121. The maximum Gasteiger partial charge on any atom is 0.220 e. The second kappa shape index (κ2) is 9.42. The summed E-state index contributed by atoms with van der Waals surface area (Å²) in [7, 11) is 1.64. The van der Waals surface area contributed by atoms with Crippen molar-refractivity contribution in [2.24, 2.45) is 0 Å². The third-order valence-electron chi connectivity index (χ3n) is 3.85. The largest absolute Gasteiger partial charge is 0.496 e. The van der Waals surface area contributed by atoms with Crippen molar-refractivity contribution < 1.29 is 14.3 Å². The molecule has 0 radical (unpaired) electrons. The van der Waals surface area contributed by atoms with E-state index in [0.717, 1.165) is 32.8 Å². The summed E-state index contributed by atoms with van der Waals surface area (Å²) in [5.74, 6) is 1.59. The molecule has 0 unspecified atom stereocenters. The number of methoxy groups -OCH3 is 1. The maximum absolute atomic E-state index is 12.0. The zero-order valence-electron chi connectivity index (χ0n) is 14.8. The molecule has 2 aromatic rings. The minimum Gasteiger partial charge on any atom is -0.496 e. The van der Waals surface area contributed by atoms with E-state index in [4.69, 9.17) is 9.47 Å². The summed E-state index contributed by atoms with van der Waals surface area (Å²) in [4.78, 5) is 16.4. The van der Waals surface area contributed by atoms with Gasteiger partial charge in [-0.3, -0.25) is 9.78 Å². The summed E-state index contributed by atoms with van der Waals surface area (Å²) in [6, 6.07) is 7.66. The monoisotopic (exact) mass is 406 g/mol. The van der Waals surface area contributed by atoms with Crippen LogP contribution in [0, 0.1) is 13.8 Å². The smallest absolute Gasteiger partial charge is 0.220 e.